The van der Waals surface area contributed by atoms with Gasteiger partial charge in [-0.2, -0.15) is 5.26 Å². The highest BCUT2D eigenvalue weighted by atomic mass is 79.9. The number of aliphatic hydroxyl groups excluding tert-OH is 1. The second kappa shape index (κ2) is 5.74. The average Bonchev–Trinajstić information content (AvgIpc) is 2.27. The van der Waals surface area contributed by atoms with Crippen LogP contribution in [0.1, 0.15) is 18.9 Å². The van der Waals surface area contributed by atoms with E-state index >= 15 is 0 Å². The fourth-order valence-electron chi connectivity index (χ4n) is 1.14. The molecule has 0 aliphatic rings. The predicted octanol–water partition coefficient (Wildman–Crippen LogP) is 2.62. The van der Waals surface area contributed by atoms with Gasteiger partial charge >= 0.3 is 0 Å². The minimum Gasteiger partial charge on any atom is -0.475 e. The van der Waals surface area contributed by atoms with E-state index in [-0.39, 0.29) is 6.61 Å². The van der Waals surface area contributed by atoms with Crippen LogP contribution < -0.4 is 4.74 Å². The SMILES string of the molecule is CCC(C#N)Oc1ccc(Br)cc1CO. The lowest BCUT2D eigenvalue weighted by Crippen LogP contribution is -2.13. The van der Waals surface area contributed by atoms with Crippen molar-refractivity contribution in [3.8, 4) is 11.8 Å². The second-order valence-electron chi connectivity index (χ2n) is 3.05. The van der Waals surface area contributed by atoms with Gasteiger partial charge in [0, 0.05) is 10.0 Å². The van der Waals surface area contributed by atoms with E-state index in [4.69, 9.17) is 15.1 Å². The summed E-state index contributed by atoms with van der Waals surface area (Å²) in [6, 6.07) is 7.39. The molecule has 1 aromatic carbocycles. The maximum absolute atomic E-state index is 9.12. The van der Waals surface area contributed by atoms with Gasteiger partial charge < -0.3 is 9.84 Å². The molecule has 15 heavy (non-hydrogen) atoms. The van der Waals surface area contributed by atoms with Gasteiger partial charge in [0.15, 0.2) is 6.10 Å². The molecule has 0 saturated carbocycles. The molecule has 80 valence electrons. The molecule has 1 atom stereocenters. The number of aliphatic hydroxyl groups is 1. The number of halogens is 1. The zero-order valence-corrected chi connectivity index (χ0v) is 9.99. The molecule has 1 aromatic rings. The summed E-state index contributed by atoms with van der Waals surface area (Å²) in [5.74, 6) is 0.564. The van der Waals surface area contributed by atoms with Gasteiger partial charge in [-0.05, 0) is 24.6 Å². The number of rotatable bonds is 4. The zero-order valence-electron chi connectivity index (χ0n) is 8.40. The summed E-state index contributed by atoms with van der Waals surface area (Å²) >= 11 is 3.31. The molecule has 0 aliphatic carbocycles. The van der Waals surface area contributed by atoms with E-state index in [0.29, 0.717) is 17.7 Å². The monoisotopic (exact) mass is 269 g/mol. The van der Waals surface area contributed by atoms with E-state index in [2.05, 4.69) is 22.0 Å². The van der Waals surface area contributed by atoms with Crippen molar-refractivity contribution in [1.29, 1.82) is 5.26 Å². The van der Waals surface area contributed by atoms with Crippen molar-refractivity contribution in [2.75, 3.05) is 0 Å². The van der Waals surface area contributed by atoms with Gasteiger partial charge in [-0.3, -0.25) is 0 Å². The third kappa shape index (κ3) is 3.22. The summed E-state index contributed by atoms with van der Waals surface area (Å²) in [5.41, 5.74) is 0.679. The molecule has 0 bridgehead atoms. The quantitative estimate of drug-likeness (QED) is 0.914. The first-order valence-electron chi connectivity index (χ1n) is 4.66. The Labute approximate surface area is 97.4 Å². The van der Waals surface area contributed by atoms with Crippen molar-refractivity contribution in [1.82, 2.24) is 0 Å². The smallest absolute Gasteiger partial charge is 0.184 e. The highest BCUT2D eigenvalue weighted by Gasteiger charge is 2.09. The van der Waals surface area contributed by atoms with E-state index in [1.165, 1.54) is 0 Å². The number of nitrogens with zero attached hydrogens (tertiary/aromatic N) is 1. The number of ether oxygens (including phenoxy) is 1. The Hall–Kier alpha value is -1.05. The van der Waals surface area contributed by atoms with Crippen molar-refractivity contribution >= 4 is 15.9 Å². The summed E-state index contributed by atoms with van der Waals surface area (Å²) in [7, 11) is 0. The Morgan fingerprint density at radius 1 is 1.60 bits per heavy atom. The van der Waals surface area contributed by atoms with Crippen molar-refractivity contribution in [3.63, 3.8) is 0 Å². The van der Waals surface area contributed by atoms with E-state index in [1.807, 2.05) is 13.0 Å². The molecule has 0 aliphatic heterocycles. The average molecular weight is 270 g/mol. The maximum Gasteiger partial charge on any atom is 0.184 e. The van der Waals surface area contributed by atoms with Gasteiger partial charge in [-0.15, -0.1) is 0 Å². The molecule has 0 fully saturated rings. The molecule has 1 rings (SSSR count). The molecule has 0 saturated heterocycles. The fraction of sp³-hybridized carbons (Fsp3) is 0.364. The molecule has 3 nitrogen and oxygen atoms in total. The Kier molecular flexibility index (Phi) is 4.60. The van der Waals surface area contributed by atoms with Crippen LogP contribution in [0.15, 0.2) is 22.7 Å². The lowest BCUT2D eigenvalue weighted by atomic mass is 10.2. The Morgan fingerprint density at radius 2 is 2.33 bits per heavy atom. The van der Waals surface area contributed by atoms with Crippen molar-refractivity contribution in [2.45, 2.75) is 26.1 Å². The number of nitriles is 1. The number of hydrogen-bond acceptors (Lipinski definition) is 3. The standard InChI is InChI=1S/C11H12BrNO2/c1-2-10(6-13)15-11-4-3-9(12)5-8(11)7-14/h3-5,10,14H,2,7H2,1H3. The van der Waals surface area contributed by atoms with Crippen LogP contribution in [0, 0.1) is 11.3 Å². The summed E-state index contributed by atoms with van der Waals surface area (Å²) in [6.45, 7) is 1.78. The minimum absolute atomic E-state index is 0.101. The highest BCUT2D eigenvalue weighted by Crippen LogP contribution is 2.24. The third-order valence-corrected chi connectivity index (χ3v) is 2.47. The van der Waals surface area contributed by atoms with E-state index in [9.17, 15) is 0 Å². The Morgan fingerprint density at radius 3 is 2.87 bits per heavy atom. The van der Waals surface area contributed by atoms with Crippen LogP contribution >= 0.6 is 15.9 Å². The molecular formula is C11H12BrNO2. The summed E-state index contributed by atoms with van der Waals surface area (Å²) in [5, 5.41) is 17.9. The Bertz CT molecular complexity index is 373. The molecule has 0 aromatic heterocycles. The fourth-order valence-corrected chi connectivity index (χ4v) is 1.55. The van der Waals surface area contributed by atoms with Crippen LogP contribution in [0.25, 0.3) is 0 Å². The highest BCUT2D eigenvalue weighted by molar-refractivity contribution is 9.10. The minimum atomic E-state index is -0.462. The molecule has 0 heterocycles. The number of hydrogen-bond donors (Lipinski definition) is 1. The largest absolute Gasteiger partial charge is 0.475 e. The van der Waals surface area contributed by atoms with Gasteiger partial charge in [0.1, 0.15) is 11.8 Å². The van der Waals surface area contributed by atoms with Crippen LogP contribution in [0.3, 0.4) is 0 Å². The lowest BCUT2D eigenvalue weighted by Gasteiger charge is -2.13. The van der Waals surface area contributed by atoms with Crippen LogP contribution in [0.2, 0.25) is 0 Å². The Balaban J connectivity index is 2.89. The van der Waals surface area contributed by atoms with Crippen LogP contribution in [0.5, 0.6) is 5.75 Å². The first-order valence-corrected chi connectivity index (χ1v) is 5.46. The summed E-state index contributed by atoms with van der Waals surface area (Å²) in [4.78, 5) is 0. The maximum atomic E-state index is 9.12. The van der Waals surface area contributed by atoms with Crippen LogP contribution in [-0.4, -0.2) is 11.2 Å². The summed E-state index contributed by atoms with van der Waals surface area (Å²) < 4.78 is 6.33. The first kappa shape index (κ1) is 12.0. The molecular weight excluding hydrogens is 258 g/mol. The molecule has 1 N–H and O–H groups in total. The molecule has 0 amide bonds. The van der Waals surface area contributed by atoms with Gasteiger partial charge in [-0.25, -0.2) is 0 Å². The van der Waals surface area contributed by atoms with Crippen molar-refractivity contribution < 1.29 is 9.84 Å². The zero-order chi connectivity index (χ0) is 11.3. The van der Waals surface area contributed by atoms with Gasteiger partial charge in [0.05, 0.1) is 6.61 Å². The lowest BCUT2D eigenvalue weighted by molar-refractivity contribution is 0.232. The van der Waals surface area contributed by atoms with E-state index < -0.39 is 6.10 Å². The van der Waals surface area contributed by atoms with E-state index in [1.54, 1.807) is 12.1 Å². The van der Waals surface area contributed by atoms with Gasteiger partial charge in [-0.1, -0.05) is 22.9 Å². The molecule has 0 spiro atoms. The third-order valence-electron chi connectivity index (χ3n) is 1.98. The first-order chi connectivity index (χ1) is 7.21. The van der Waals surface area contributed by atoms with E-state index in [0.717, 1.165) is 4.47 Å². The molecule has 4 heteroatoms. The van der Waals surface area contributed by atoms with Crippen molar-refractivity contribution in [3.05, 3.63) is 28.2 Å². The molecule has 0 radical (unpaired) electrons. The van der Waals surface area contributed by atoms with Crippen LogP contribution in [0.4, 0.5) is 0 Å². The number of benzene rings is 1. The topological polar surface area (TPSA) is 53.2 Å². The van der Waals surface area contributed by atoms with Gasteiger partial charge in [0.2, 0.25) is 0 Å². The normalized spacial score (nSPS) is 11.9. The van der Waals surface area contributed by atoms with Crippen LogP contribution in [-0.2, 0) is 6.61 Å². The second-order valence-corrected chi connectivity index (χ2v) is 3.97. The van der Waals surface area contributed by atoms with Crippen molar-refractivity contribution in [2.24, 2.45) is 0 Å². The van der Waals surface area contributed by atoms with Gasteiger partial charge in [0.25, 0.3) is 0 Å². The summed E-state index contributed by atoms with van der Waals surface area (Å²) in [6.07, 6.45) is 0.161. The predicted molar refractivity (Wildman–Crippen MR) is 60.4 cm³/mol. The molecule has 1 unspecified atom stereocenters.